The van der Waals surface area contributed by atoms with E-state index >= 15 is 0 Å². The molecule has 0 aliphatic heterocycles. The summed E-state index contributed by atoms with van der Waals surface area (Å²) in [6.45, 7) is 9.99. The average Bonchev–Trinajstić information content (AvgIpc) is 3.72. The smallest absolute Gasteiger partial charge is 0.350 e. The molecule has 0 radical (unpaired) electrons. The lowest BCUT2D eigenvalue weighted by Gasteiger charge is -2.29. The molecule has 206 valence electrons. The number of carbonyl (C=O) groups excluding carboxylic acids is 2. The predicted octanol–water partition coefficient (Wildman–Crippen LogP) is 6.24. The molecule has 1 aliphatic rings. The van der Waals surface area contributed by atoms with E-state index in [1.54, 1.807) is 32.3 Å². The first kappa shape index (κ1) is 28.1. The fourth-order valence-electron chi connectivity index (χ4n) is 4.21. The molecule has 39 heavy (non-hydrogen) atoms. The topological polar surface area (TPSA) is 80.8 Å². The van der Waals surface area contributed by atoms with Crippen LogP contribution in [0.1, 0.15) is 59.4 Å². The van der Waals surface area contributed by atoms with Crippen molar-refractivity contribution in [3.63, 3.8) is 0 Å². The number of hydrogen-bond donors (Lipinski definition) is 1. The Bertz CT molecular complexity index is 1260. The van der Waals surface area contributed by atoms with E-state index < -0.39 is 17.2 Å². The van der Waals surface area contributed by atoms with Crippen molar-refractivity contribution in [3.05, 3.63) is 78.6 Å². The van der Waals surface area contributed by atoms with Crippen molar-refractivity contribution in [2.45, 2.75) is 77.7 Å². The highest BCUT2D eigenvalue weighted by Crippen LogP contribution is 2.30. The molecular formula is C32H39N3O4. The molecule has 0 spiro atoms. The minimum absolute atomic E-state index is 0.140. The third-order valence-corrected chi connectivity index (χ3v) is 6.39. The maximum atomic E-state index is 13.2. The first-order valence-corrected chi connectivity index (χ1v) is 13.6. The van der Waals surface area contributed by atoms with E-state index in [1.807, 2.05) is 56.0 Å². The van der Waals surface area contributed by atoms with Gasteiger partial charge in [0.2, 0.25) is 5.91 Å². The highest BCUT2D eigenvalue weighted by Gasteiger charge is 2.35. The number of esters is 1. The zero-order chi connectivity index (χ0) is 28.0. The van der Waals surface area contributed by atoms with Crippen LogP contribution >= 0.6 is 0 Å². The van der Waals surface area contributed by atoms with Crippen molar-refractivity contribution in [1.29, 1.82) is 0 Å². The summed E-state index contributed by atoms with van der Waals surface area (Å²) in [4.78, 5) is 31.8. The minimum Gasteiger partial charge on any atom is -0.476 e. The third kappa shape index (κ3) is 8.31. The average molecular weight is 530 g/mol. The quantitative estimate of drug-likeness (QED) is 0.296. The van der Waals surface area contributed by atoms with Gasteiger partial charge in [-0.15, -0.1) is 0 Å². The first-order chi connectivity index (χ1) is 18.5. The zero-order valence-electron chi connectivity index (χ0n) is 23.6. The number of amides is 1. The fraction of sp³-hybridized carbons (Fsp3) is 0.406. The van der Waals surface area contributed by atoms with Crippen LogP contribution in [0.4, 0.5) is 5.69 Å². The number of rotatable bonds is 11. The molecule has 2 aromatic carbocycles. The van der Waals surface area contributed by atoms with Gasteiger partial charge < -0.3 is 19.7 Å². The Morgan fingerprint density at radius 1 is 0.949 bits per heavy atom. The van der Waals surface area contributed by atoms with E-state index in [-0.39, 0.29) is 5.91 Å². The maximum absolute atomic E-state index is 13.2. The second kappa shape index (κ2) is 11.9. The molecule has 1 heterocycles. The Morgan fingerprint density at radius 2 is 1.62 bits per heavy atom. The molecule has 0 unspecified atom stereocenters. The number of hydrogen-bond acceptors (Lipinski definition) is 6. The second-order valence-corrected chi connectivity index (χ2v) is 11.5. The number of pyridine rings is 1. The van der Waals surface area contributed by atoms with E-state index in [0.717, 1.165) is 35.2 Å². The van der Waals surface area contributed by atoms with Gasteiger partial charge in [0.25, 0.3) is 0 Å². The normalized spacial score (nSPS) is 13.5. The molecule has 1 N–H and O–H groups in total. The molecular weight excluding hydrogens is 490 g/mol. The number of benzene rings is 2. The van der Waals surface area contributed by atoms with Crippen molar-refractivity contribution in [2.24, 2.45) is 0 Å². The van der Waals surface area contributed by atoms with Gasteiger partial charge in [0.15, 0.2) is 5.60 Å². The molecule has 1 saturated carbocycles. The summed E-state index contributed by atoms with van der Waals surface area (Å²) in [6, 6.07) is 20.1. The number of anilines is 1. The Balaban J connectivity index is 1.30. The lowest BCUT2D eigenvalue weighted by molar-refractivity contribution is -0.170. The summed E-state index contributed by atoms with van der Waals surface area (Å²) >= 11 is 0. The van der Waals surface area contributed by atoms with Gasteiger partial charge in [-0.25, -0.2) is 4.79 Å². The van der Waals surface area contributed by atoms with Gasteiger partial charge in [-0.2, -0.15) is 0 Å². The van der Waals surface area contributed by atoms with Gasteiger partial charge >= 0.3 is 5.97 Å². The fourth-order valence-corrected chi connectivity index (χ4v) is 4.21. The zero-order valence-corrected chi connectivity index (χ0v) is 23.6. The number of ether oxygens (including phenoxy) is 2. The maximum Gasteiger partial charge on any atom is 0.350 e. The van der Waals surface area contributed by atoms with Crippen LogP contribution in [0, 0.1) is 0 Å². The van der Waals surface area contributed by atoms with E-state index in [9.17, 15) is 9.59 Å². The lowest BCUT2D eigenvalue weighted by atomic mass is 10.0. The molecule has 0 saturated heterocycles. The summed E-state index contributed by atoms with van der Waals surface area (Å²) < 4.78 is 11.5. The predicted molar refractivity (Wildman–Crippen MR) is 153 cm³/mol. The van der Waals surface area contributed by atoms with Crippen molar-refractivity contribution < 1.29 is 19.1 Å². The third-order valence-electron chi connectivity index (χ3n) is 6.39. The molecule has 0 bridgehead atoms. The second-order valence-electron chi connectivity index (χ2n) is 11.5. The number of carbonyl (C=O) groups is 2. The van der Waals surface area contributed by atoms with Gasteiger partial charge in [-0.1, -0.05) is 30.3 Å². The standard InChI is InChI=1S/C32H39N3O4/c1-31(2,3)39-30(37)32(4,5)38-28-8-6-7-26(21-28)34-20-17-29(36)35(27-13-14-27)22-23-9-11-24(12-10-23)25-15-18-33-19-16-25/h6-12,15-16,18-19,21,27,34H,13-14,17,20,22H2,1-5H3. The molecule has 4 rings (SSSR count). The molecule has 1 aromatic heterocycles. The molecule has 7 heteroatoms. The summed E-state index contributed by atoms with van der Waals surface area (Å²) in [5.74, 6) is 0.268. The Morgan fingerprint density at radius 3 is 2.26 bits per heavy atom. The highest BCUT2D eigenvalue weighted by molar-refractivity contribution is 5.79. The monoisotopic (exact) mass is 529 g/mol. The van der Waals surface area contributed by atoms with Crippen molar-refractivity contribution >= 4 is 17.6 Å². The summed E-state index contributed by atoms with van der Waals surface area (Å²) in [7, 11) is 0. The van der Waals surface area contributed by atoms with Gasteiger partial charge in [0, 0.05) is 49.7 Å². The van der Waals surface area contributed by atoms with Gasteiger partial charge in [0.1, 0.15) is 11.4 Å². The van der Waals surface area contributed by atoms with Crippen LogP contribution in [0.3, 0.4) is 0 Å². The van der Waals surface area contributed by atoms with Gasteiger partial charge in [0.05, 0.1) is 0 Å². The number of aromatic nitrogens is 1. The van der Waals surface area contributed by atoms with E-state index in [2.05, 4.69) is 34.6 Å². The van der Waals surface area contributed by atoms with Crippen molar-refractivity contribution in [3.8, 4) is 16.9 Å². The Labute approximate surface area is 231 Å². The SMILES string of the molecule is CC(C)(C)OC(=O)C(C)(C)Oc1cccc(NCCC(=O)N(Cc2ccc(-c3ccncc3)cc2)C2CC2)c1. The van der Waals surface area contributed by atoms with Crippen LogP contribution in [0.15, 0.2) is 73.1 Å². The van der Waals surface area contributed by atoms with Crippen molar-refractivity contribution in [2.75, 3.05) is 11.9 Å². The van der Waals surface area contributed by atoms with Crippen LogP contribution in [-0.2, 0) is 20.9 Å². The molecule has 7 nitrogen and oxygen atoms in total. The molecule has 1 amide bonds. The largest absolute Gasteiger partial charge is 0.476 e. The number of nitrogens with one attached hydrogen (secondary N) is 1. The van der Waals surface area contributed by atoms with Gasteiger partial charge in [-0.3, -0.25) is 9.78 Å². The van der Waals surface area contributed by atoms with Crippen LogP contribution in [-0.4, -0.2) is 45.5 Å². The van der Waals surface area contributed by atoms with Crippen LogP contribution in [0.5, 0.6) is 5.75 Å². The van der Waals surface area contributed by atoms with E-state index in [0.29, 0.717) is 31.3 Å². The van der Waals surface area contributed by atoms with Crippen LogP contribution in [0.2, 0.25) is 0 Å². The molecule has 1 aliphatic carbocycles. The summed E-state index contributed by atoms with van der Waals surface area (Å²) in [5.41, 5.74) is 2.48. The van der Waals surface area contributed by atoms with Crippen LogP contribution in [0.25, 0.3) is 11.1 Å². The Kier molecular flexibility index (Phi) is 8.58. The first-order valence-electron chi connectivity index (χ1n) is 13.6. The summed E-state index contributed by atoms with van der Waals surface area (Å²) in [6.07, 6.45) is 6.08. The lowest BCUT2D eigenvalue weighted by Crippen LogP contribution is -2.43. The molecule has 3 aromatic rings. The van der Waals surface area contributed by atoms with Crippen LogP contribution < -0.4 is 10.1 Å². The Hall–Kier alpha value is -3.87. The molecule has 0 atom stereocenters. The van der Waals surface area contributed by atoms with Crippen molar-refractivity contribution in [1.82, 2.24) is 9.88 Å². The number of nitrogens with zero attached hydrogens (tertiary/aromatic N) is 2. The highest BCUT2D eigenvalue weighted by atomic mass is 16.6. The summed E-state index contributed by atoms with van der Waals surface area (Å²) in [5, 5.41) is 3.32. The molecule has 1 fully saturated rings. The minimum atomic E-state index is -1.14. The van der Waals surface area contributed by atoms with E-state index in [1.165, 1.54) is 0 Å². The van der Waals surface area contributed by atoms with E-state index in [4.69, 9.17) is 9.47 Å². The van der Waals surface area contributed by atoms with Gasteiger partial charge in [-0.05, 0) is 88.4 Å².